The van der Waals surface area contributed by atoms with Crippen molar-refractivity contribution in [1.29, 1.82) is 0 Å². The van der Waals surface area contributed by atoms with Crippen LogP contribution in [0.15, 0.2) is 0 Å². The predicted octanol–water partition coefficient (Wildman–Crippen LogP) is -2.50. The smallest absolute Gasteiger partial charge is 0.333 e. The molecule has 0 aromatic carbocycles. The standard InChI is InChI=1S/C5H6N4O4S/c10-2-5(1-6-3(11)8-5)14(13)9-4(12)7-2/h1H2,(H2,6,8,11)(H2,7,9,10,12). The van der Waals surface area contributed by atoms with E-state index in [-0.39, 0.29) is 6.54 Å². The first-order valence-corrected chi connectivity index (χ1v) is 4.79. The molecule has 0 bridgehead atoms. The van der Waals surface area contributed by atoms with Crippen molar-refractivity contribution in [2.24, 2.45) is 0 Å². The molecule has 2 heterocycles. The second kappa shape index (κ2) is 2.67. The molecule has 1 spiro atoms. The van der Waals surface area contributed by atoms with Gasteiger partial charge in [0.15, 0.2) is 11.0 Å². The highest BCUT2D eigenvalue weighted by Crippen LogP contribution is 2.15. The number of imide groups is 1. The van der Waals surface area contributed by atoms with E-state index in [0.717, 1.165) is 0 Å². The maximum atomic E-state index is 11.4. The molecule has 0 saturated carbocycles. The van der Waals surface area contributed by atoms with E-state index in [9.17, 15) is 18.6 Å². The molecule has 0 aromatic heterocycles. The summed E-state index contributed by atoms with van der Waals surface area (Å²) in [6, 6.07) is -1.43. The summed E-state index contributed by atoms with van der Waals surface area (Å²) in [6.07, 6.45) is 0. The first kappa shape index (κ1) is 8.94. The number of urea groups is 2. The van der Waals surface area contributed by atoms with Gasteiger partial charge in [0.25, 0.3) is 5.91 Å². The van der Waals surface area contributed by atoms with Gasteiger partial charge >= 0.3 is 12.1 Å². The van der Waals surface area contributed by atoms with Crippen LogP contribution in [0.2, 0.25) is 0 Å². The van der Waals surface area contributed by atoms with Gasteiger partial charge in [-0.3, -0.25) is 14.8 Å². The minimum absolute atomic E-state index is 0.120. The van der Waals surface area contributed by atoms with Crippen LogP contribution in [0.4, 0.5) is 9.59 Å². The van der Waals surface area contributed by atoms with Gasteiger partial charge in [-0.25, -0.2) is 13.8 Å². The minimum Gasteiger partial charge on any atom is -0.334 e. The number of rotatable bonds is 0. The fraction of sp³-hybridized carbons (Fsp3) is 0.400. The summed E-state index contributed by atoms with van der Waals surface area (Å²) in [5, 5.41) is 6.44. The Labute approximate surface area is 80.4 Å². The molecule has 9 heteroatoms. The molecule has 2 aliphatic heterocycles. The molecule has 2 atom stereocenters. The molecule has 5 amide bonds. The monoisotopic (exact) mass is 218 g/mol. The molecule has 2 unspecified atom stereocenters. The van der Waals surface area contributed by atoms with E-state index < -0.39 is 33.8 Å². The first-order chi connectivity index (χ1) is 6.54. The van der Waals surface area contributed by atoms with Crippen LogP contribution in [0.5, 0.6) is 0 Å². The zero-order chi connectivity index (χ0) is 10.3. The van der Waals surface area contributed by atoms with Crippen molar-refractivity contribution in [1.82, 2.24) is 20.7 Å². The summed E-state index contributed by atoms with van der Waals surface area (Å²) < 4.78 is 13.5. The predicted molar refractivity (Wildman–Crippen MR) is 44.1 cm³/mol. The lowest BCUT2D eigenvalue weighted by atomic mass is 10.3. The van der Waals surface area contributed by atoms with E-state index in [1.807, 2.05) is 10.0 Å². The molecular formula is C5H6N4O4S. The van der Waals surface area contributed by atoms with Crippen LogP contribution >= 0.6 is 0 Å². The van der Waals surface area contributed by atoms with Crippen molar-refractivity contribution in [3.63, 3.8) is 0 Å². The molecule has 2 saturated heterocycles. The molecule has 14 heavy (non-hydrogen) atoms. The van der Waals surface area contributed by atoms with E-state index in [4.69, 9.17) is 0 Å². The van der Waals surface area contributed by atoms with Gasteiger partial charge in [-0.2, -0.15) is 0 Å². The maximum Gasteiger partial charge on any atom is 0.333 e. The largest absolute Gasteiger partial charge is 0.334 e. The summed E-state index contributed by atoms with van der Waals surface area (Å²) >= 11 is 0. The van der Waals surface area contributed by atoms with Crippen LogP contribution in [0, 0.1) is 0 Å². The lowest BCUT2D eigenvalue weighted by molar-refractivity contribution is -0.122. The zero-order valence-corrected chi connectivity index (χ0v) is 7.56. The Balaban J connectivity index is 2.34. The summed E-state index contributed by atoms with van der Waals surface area (Å²) in [5.41, 5.74) is 0. The highest BCUT2D eigenvalue weighted by Gasteiger charge is 2.54. The van der Waals surface area contributed by atoms with Crippen LogP contribution in [0.25, 0.3) is 0 Å². The number of carbonyl (C=O) groups excluding carboxylic acids is 3. The first-order valence-electron chi connectivity index (χ1n) is 3.64. The Hall–Kier alpha value is -1.64. The van der Waals surface area contributed by atoms with Gasteiger partial charge in [0.1, 0.15) is 0 Å². The third-order valence-corrected chi connectivity index (χ3v) is 3.34. The summed E-state index contributed by atoms with van der Waals surface area (Å²) in [6.45, 7) is -0.120. The van der Waals surface area contributed by atoms with Crippen LogP contribution in [0.3, 0.4) is 0 Å². The fourth-order valence-electron chi connectivity index (χ4n) is 1.21. The van der Waals surface area contributed by atoms with Gasteiger partial charge in [0.05, 0.1) is 6.54 Å². The van der Waals surface area contributed by atoms with Crippen molar-refractivity contribution >= 4 is 29.0 Å². The van der Waals surface area contributed by atoms with Crippen LogP contribution in [-0.4, -0.2) is 33.6 Å². The molecular weight excluding hydrogens is 212 g/mol. The number of hydrogen-bond acceptors (Lipinski definition) is 4. The second-order valence-corrected chi connectivity index (χ2v) is 4.23. The van der Waals surface area contributed by atoms with E-state index in [1.165, 1.54) is 0 Å². The number of amides is 5. The average Bonchev–Trinajstić information content (AvgIpc) is 2.46. The van der Waals surface area contributed by atoms with Crippen LogP contribution in [0.1, 0.15) is 0 Å². The lowest BCUT2D eigenvalue weighted by Crippen LogP contribution is -2.69. The molecule has 76 valence electrons. The molecule has 2 aliphatic rings. The van der Waals surface area contributed by atoms with E-state index >= 15 is 0 Å². The lowest BCUT2D eigenvalue weighted by Gasteiger charge is -2.28. The highest BCUT2D eigenvalue weighted by molar-refractivity contribution is 7.86. The Bertz CT molecular complexity index is 347. The normalized spacial score (nSPS) is 36.0. The summed E-state index contributed by atoms with van der Waals surface area (Å²) in [5.74, 6) is -0.780. The molecule has 2 rings (SSSR count). The molecule has 8 nitrogen and oxygen atoms in total. The van der Waals surface area contributed by atoms with Crippen molar-refractivity contribution in [2.45, 2.75) is 4.87 Å². The van der Waals surface area contributed by atoms with Crippen molar-refractivity contribution in [3.05, 3.63) is 0 Å². The van der Waals surface area contributed by atoms with Gasteiger partial charge in [-0.15, -0.1) is 0 Å². The Morgan fingerprint density at radius 3 is 2.43 bits per heavy atom. The van der Waals surface area contributed by atoms with Crippen LogP contribution < -0.4 is 20.7 Å². The minimum atomic E-state index is -1.96. The van der Waals surface area contributed by atoms with E-state index in [0.29, 0.717) is 0 Å². The average molecular weight is 218 g/mol. The molecule has 2 fully saturated rings. The molecule has 0 aliphatic carbocycles. The SMILES string of the molecule is O=C1NC(=O)C2(CNC(=O)N2)S(=O)N1. The Kier molecular flexibility index (Phi) is 1.71. The molecule has 0 aromatic rings. The zero-order valence-electron chi connectivity index (χ0n) is 6.75. The van der Waals surface area contributed by atoms with E-state index in [2.05, 4.69) is 10.6 Å². The van der Waals surface area contributed by atoms with E-state index in [1.54, 1.807) is 0 Å². The quantitative estimate of drug-likeness (QED) is 0.359. The van der Waals surface area contributed by atoms with Gasteiger partial charge < -0.3 is 10.6 Å². The van der Waals surface area contributed by atoms with Gasteiger partial charge in [0, 0.05) is 0 Å². The van der Waals surface area contributed by atoms with Gasteiger partial charge in [0.2, 0.25) is 4.87 Å². The van der Waals surface area contributed by atoms with Gasteiger partial charge in [-0.1, -0.05) is 0 Å². The topological polar surface area (TPSA) is 116 Å². The number of carbonyl (C=O) groups is 3. The maximum absolute atomic E-state index is 11.4. The van der Waals surface area contributed by atoms with Gasteiger partial charge in [-0.05, 0) is 0 Å². The molecule has 4 N–H and O–H groups in total. The fourth-order valence-corrected chi connectivity index (χ4v) is 2.21. The second-order valence-electron chi connectivity index (χ2n) is 2.79. The van der Waals surface area contributed by atoms with Crippen molar-refractivity contribution < 1.29 is 18.6 Å². The number of nitrogens with one attached hydrogen (secondary N) is 4. The third-order valence-electron chi connectivity index (χ3n) is 1.91. The van der Waals surface area contributed by atoms with Crippen molar-refractivity contribution in [2.75, 3.05) is 6.54 Å². The Morgan fingerprint density at radius 1 is 1.21 bits per heavy atom. The van der Waals surface area contributed by atoms with Crippen molar-refractivity contribution in [3.8, 4) is 0 Å². The van der Waals surface area contributed by atoms with Crippen LogP contribution in [-0.2, 0) is 15.8 Å². The number of hydrogen-bond donors (Lipinski definition) is 4. The highest BCUT2D eigenvalue weighted by atomic mass is 32.2. The Morgan fingerprint density at radius 2 is 1.93 bits per heavy atom. The molecule has 0 radical (unpaired) electrons. The third kappa shape index (κ3) is 1.05. The summed E-state index contributed by atoms with van der Waals surface area (Å²) in [4.78, 5) is 31.4. The summed E-state index contributed by atoms with van der Waals surface area (Å²) in [7, 11) is -1.96.